The van der Waals surface area contributed by atoms with Crippen LogP contribution in [0.3, 0.4) is 0 Å². The summed E-state index contributed by atoms with van der Waals surface area (Å²) in [6.45, 7) is 0. The van der Waals surface area contributed by atoms with Gasteiger partial charge in [-0.1, -0.05) is 0 Å². The van der Waals surface area contributed by atoms with Gasteiger partial charge in [0.15, 0.2) is 0 Å². The van der Waals surface area contributed by atoms with Crippen molar-refractivity contribution in [1.82, 2.24) is 0 Å². The molecule has 0 spiro atoms. The Balaban J connectivity index is 0. The second kappa shape index (κ2) is 152. The molecule has 0 saturated carbocycles. The summed E-state index contributed by atoms with van der Waals surface area (Å²) in [6, 6.07) is 0. The first kappa shape index (κ1) is 231. The van der Waals surface area contributed by atoms with Crippen molar-refractivity contribution in [3.05, 3.63) is 0 Å². The van der Waals surface area contributed by atoms with Crippen molar-refractivity contribution in [2.45, 2.75) is 0 Å². The van der Waals surface area contributed by atoms with Gasteiger partial charge in [0.25, 0.3) is 0 Å². The third-order valence-electron chi connectivity index (χ3n) is 0. The molecule has 0 aliphatic rings. The summed E-state index contributed by atoms with van der Waals surface area (Å²) in [4.78, 5) is 0. The van der Waals surface area contributed by atoms with Gasteiger partial charge in [-0.25, -0.2) is 0 Å². The molecule has 0 aromatic carbocycles. The first-order valence-electron chi connectivity index (χ1n) is 0. The summed E-state index contributed by atoms with van der Waals surface area (Å²) >= 11 is 0. The molecule has 0 atom stereocenters. The average molecular weight is 190 g/mol. The van der Waals surface area contributed by atoms with Gasteiger partial charge in [-0.3, -0.25) is 0 Å². The summed E-state index contributed by atoms with van der Waals surface area (Å²) in [5, 5.41) is 0. The van der Waals surface area contributed by atoms with Crippen molar-refractivity contribution in [2.24, 2.45) is 0 Å². The summed E-state index contributed by atoms with van der Waals surface area (Å²) in [7, 11) is 0. The Kier molecular flexibility index (Phi) is 5020. The maximum Gasteiger partial charge on any atom is 0.316 e. The number of rotatable bonds is 0. The minimum atomic E-state index is 0. The number of hydrogen-bond donors (Lipinski definition) is 0. The predicted octanol–water partition coefficient (Wildman–Crippen LogP) is -3.80. The normalized spacial score (nSPS) is 0. The van der Waals surface area contributed by atoms with Gasteiger partial charge >= 0.3 is 23.1 Å². The largest absolute Gasteiger partial charge is 0.412 e. The summed E-state index contributed by atoms with van der Waals surface area (Å²) in [6.07, 6.45) is 0. The fourth-order valence-electron chi connectivity index (χ4n) is 0. The molecular weight excluding hydrogens is 179 g/mol. The van der Waals surface area contributed by atoms with Crippen LogP contribution in [0.2, 0.25) is 0 Å². The van der Waals surface area contributed by atoms with Gasteiger partial charge in [0.2, 0.25) is 0 Å². The standard InChI is InChI=1S/ClH.Mg.Mn.4H2O.2H/h1H;;;4*1H2;;. The second-order valence-electron chi connectivity index (χ2n) is 0. The molecule has 7 heavy (non-hydrogen) atoms. The quantitative estimate of drug-likeness (QED) is 0.347. The van der Waals surface area contributed by atoms with Crippen LogP contribution in [-0.4, -0.2) is 45.0 Å². The van der Waals surface area contributed by atoms with Gasteiger partial charge in [0, 0.05) is 17.1 Å². The third-order valence-corrected chi connectivity index (χ3v) is 0. The van der Waals surface area contributed by atoms with Gasteiger partial charge < -0.3 is 21.9 Å². The zero-order valence-electron chi connectivity index (χ0n) is 2.79. The fourth-order valence-corrected chi connectivity index (χ4v) is 0. The van der Waals surface area contributed by atoms with E-state index in [1.165, 1.54) is 0 Å². The molecule has 0 amide bonds. The summed E-state index contributed by atoms with van der Waals surface area (Å²) in [5.41, 5.74) is 0. The molecule has 51 valence electrons. The van der Waals surface area contributed by atoms with E-state index in [-0.39, 0.29) is 74.4 Å². The van der Waals surface area contributed by atoms with E-state index < -0.39 is 0 Å². The van der Waals surface area contributed by atoms with Crippen molar-refractivity contribution in [3.8, 4) is 0 Å². The molecule has 0 fully saturated rings. The maximum absolute atomic E-state index is 0. The van der Waals surface area contributed by atoms with Crippen LogP contribution >= 0.6 is 12.4 Å². The Morgan fingerprint density at radius 3 is 0.571 bits per heavy atom. The van der Waals surface area contributed by atoms with Gasteiger partial charge in [-0.2, -0.15) is 0 Å². The molecule has 1 radical (unpaired) electrons. The molecule has 7 heteroatoms. The van der Waals surface area contributed by atoms with E-state index >= 15 is 0 Å². The van der Waals surface area contributed by atoms with Crippen molar-refractivity contribution < 1.29 is 39.0 Å². The first-order valence-corrected chi connectivity index (χ1v) is 0. The zero-order valence-corrected chi connectivity index (χ0v) is 4.78. The molecule has 0 heterocycles. The minimum absolute atomic E-state index is 0. The van der Waals surface area contributed by atoms with Crippen molar-refractivity contribution >= 4 is 35.5 Å². The van der Waals surface area contributed by atoms with Crippen LogP contribution in [0, 0.1) is 0 Å². The van der Waals surface area contributed by atoms with E-state index in [1.807, 2.05) is 0 Å². The molecular formula is H11ClMgMnO4. The molecule has 4 nitrogen and oxygen atoms in total. The van der Waals surface area contributed by atoms with Crippen molar-refractivity contribution in [3.63, 3.8) is 0 Å². The van der Waals surface area contributed by atoms with E-state index in [9.17, 15) is 0 Å². The molecule has 0 aliphatic heterocycles. The maximum atomic E-state index is 0. The molecule has 0 bridgehead atoms. The van der Waals surface area contributed by atoms with Crippen molar-refractivity contribution in [2.75, 3.05) is 0 Å². The van der Waals surface area contributed by atoms with E-state index in [2.05, 4.69) is 0 Å². The van der Waals surface area contributed by atoms with E-state index in [0.29, 0.717) is 0 Å². The Bertz CT molecular complexity index is 11.7. The second-order valence-corrected chi connectivity index (χ2v) is 0. The van der Waals surface area contributed by atoms with Crippen LogP contribution in [0.5, 0.6) is 0 Å². The Hall–Kier alpha value is 1.42. The topological polar surface area (TPSA) is 126 Å². The van der Waals surface area contributed by atoms with Crippen LogP contribution in [0.1, 0.15) is 0 Å². The number of hydrogen-bond acceptors (Lipinski definition) is 0. The Morgan fingerprint density at radius 1 is 0.571 bits per heavy atom. The molecule has 8 N–H and O–H groups in total. The zero-order chi connectivity index (χ0) is 0. The van der Waals surface area contributed by atoms with Crippen LogP contribution < -0.4 is 0 Å². The smallest absolute Gasteiger partial charge is 0.316 e. The van der Waals surface area contributed by atoms with E-state index in [1.54, 1.807) is 0 Å². The van der Waals surface area contributed by atoms with Gasteiger partial charge in [-0.05, 0) is 0 Å². The van der Waals surface area contributed by atoms with Gasteiger partial charge in [0.05, 0.1) is 0 Å². The minimum Gasteiger partial charge on any atom is -0.412 e. The first-order chi connectivity index (χ1) is 0. The Labute approximate surface area is 74.3 Å². The SMILES string of the molecule is Cl.O.O.O.O.[MgH2].[Mn]. The molecule has 0 aromatic heterocycles. The summed E-state index contributed by atoms with van der Waals surface area (Å²) < 4.78 is 0. The molecule has 0 saturated heterocycles. The van der Waals surface area contributed by atoms with Gasteiger partial charge in [-0.15, -0.1) is 12.4 Å². The van der Waals surface area contributed by atoms with Crippen LogP contribution in [-0.2, 0) is 17.1 Å². The van der Waals surface area contributed by atoms with Crippen LogP contribution in [0.4, 0.5) is 0 Å². The Morgan fingerprint density at radius 2 is 0.571 bits per heavy atom. The predicted molar refractivity (Wildman–Crippen MR) is 30.2 cm³/mol. The van der Waals surface area contributed by atoms with Crippen LogP contribution in [0.15, 0.2) is 0 Å². The van der Waals surface area contributed by atoms with Crippen molar-refractivity contribution in [1.29, 1.82) is 0 Å². The summed E-state index contributed by atoms with van der Waals surface area (Å²) in [5.74, 6) is 0. The number of halogens is 1. The molecule has 0 unspecified atom stereocenters. The van der Waals surface area contributed by atoms with Crippen LogP contribution in [0.25, 0.3) is 0 Å². The van der Waals surface area contributed by atoms with Gasteiger partial charge in [0.1, 0.15) is 0 Å². The van der Waals surface area contributed by atoms with E-state index in [4.69, 9.17) is 0 Å². The van der Waals surface area contributed by atoms with E-state index in [0.717, 1.165) is 0 Å². The molecule has 0 rings (SSSR count). The molecule has 0 aliphatic carbocycles. The average Bonchev–Trinajstić information content (AvgIpc) is 0. The third kappa shape index (κ3) is 109. The fraction of sp³-hybridized carbons (Fsp3) is 0. The monoisotopic (exact) mass is 189 g/mol. The molecule has 0 aromatic rings.